The number of rotatable bonds is 2. The van der Waals surface area contributed by atoms with Gasteiger partial charge in [-0.05, 0) is 37.9 Å². The average Bonchev–Trinajstić information content (AvgIpc) is 2.76. The Morgan fingerprint density at radius 1 is 1.28 bits per heavy atom. The van der Waals surface area contributed by atoms with Crippen LogP contribution in [-0.2, 0) is 5.88 Å². The fraction of sp³-hybridized carbons (Fsp3) is 0.643. The van der Waals surface area contributed by atoms with Crippen molar-refractivity contribution in [2.45, 2.75) is 31.2 Å². The highest BCUT2D eigenvalue weighted by Crippen LogP contribution is 2.25. The first kappa shape index (κ1) is 12.2. The van der Waals surface area contributed by atoms with E-state index in [1.165, 1.54) is 38.0 Å². The van der Waals surface area contributed by atoms with E-state index >= 15 is 0 Å². The molecule has 0 radical (unpaired) electrons. The fourth-order valence-electron chi connectivity index (χ4n) is 3.18. The van der Waals surface area contributed by atoms with Crippen LogP contribution in [0.15, 0.2) is 18.3 Å². The molecule has 2 fully saturated rings. The number of pyridine rings is 1. The summed E-state index contributed by atoms with van der Waals surface area (Å²) in [6.45, 7) is 4.86. The van der Waals surface area contributed by atoms with Crippen molar-refractivity contribution < 1.29 is 0 Å². The van der Waals surface area contributed by atoms with Gasteiger partial charge in [-0.25, -0.2) is 0 Å². The molecule has 0 aromatic carbocycles. The monoisotopic (exact) mass is 265 g/mol. The van der Waals surface area contributed by atoms with Crippen LogP contribution in [-0.4, -0.2) is 42.1 Å². The topological polar surface area (TPSA) is 19.4 Å². The second kappa shape index (κ2) is 5.45. The molecule has 2 saturated heterocycles. The Balaban J connectivity index is 1.78. The quantitative estimate of drug-likeness (QED) is 0.766. The van der Waals surface area contributed by atoms with Crippen LogP contribution < -0.4 is 4.90 Å². The van der Waals surface area contributed by atoms with Crippen molar-refractivity contribution >= 4 is 17.3 Å². The van der Waals surface area contributed by atoms with E-state index in [1.807, 2.05) is 6.20 Å². The van der Waals surface area contributed by atoms with E-state index in [4.69, 9.17) is 11.6 Å². The van der Waals surface area contributed by atoms with Crippen LogP contribution in [0.2, 0.25) is 0 Å². The maximum atomic E-state index is 5.87. The Bertz CT molecular complexity index is 410. The molecule has 1 atom stereocenters. The first-order chi connectivity index (χ1) is 8.86. The number of fused-ring (bicyclic) bond motifs is 1. The predicted molar refractivity (Wildman–Crippen MR) is 75.2 cm³/mol. The molecule has 3 heterocycles. The SMILES string of the molecule is ClCc1cc(N2CCCN3CCCC3C2)ccn1. The van der Waals surface area contributed by atoms with Crippen molar-refractivity contribution in [1.82, 2.24) is 9.88 Å². The highest BCUT2D eigenvalue weighted by molar-refractivity contribution is 6.16. The summed E-state index contributed by atoms with van der Waals surface area (Å²) in [5.41, 5.74) is 2.26. The van der Waals surface area contributed by atoms with Crippen LogP contribution in [0, 0.1) is 0 Å². The standard InChI is InChI=1S/C14H20ClN3/c15-10-12-9-13(4-5-16-12)18-8-2-7-17-6-1-3-14(17)11-18/h4-5,9,14H,1-3,6-8,10-11H2. The largest absolute Gasteiger partial charge is 0.370 e. The van der Waals surface area contributed by atoms with Crippen molar-refractivity contribution in [3.8, 4) is 0 Å². The molecule has 2 aliphatic heterocycles. The molecule has 3 nitrogen and oxygen atoms in total. The van der Waals surface area contributed by atoms with Crippen LogP contribution in [0.4, 0.5) is 5.69 Å². The summed E-state index contributed by atoms with van der Waals surface area (Å²) in [7, 11) is 0. The van der Waals surface area contributed by atoms with Crippen LogP contribution in [0.25, 0.3) is 0 Å². The molecule has 18 heavy (non-hydrogen) atoms. The van der Waals surface area contributed by atoms with E-state index in [0.717, 1.165) is 24.8 Å². The van der Waals surface area contributed by atoms with Gasteiger partial charge in [-0.3, -0.25) is 9.88 Å². The minimum absolute atomic E-state index is 0.497. The van der Waals surface area contributed by atoms with Gasteiger partial charge >= 0.3 is 0 Å². The van der Waals surface area contributed by atoms with E-state index in [1.54, 1.807) is 0 Å². The summed E-state index contributed by atoms with van der Waals surface area (Å²) in [6.07, 6.45) is 5.85. The molecule has 98 valence electrons. The van der Waals surface area contributed by atoms with Gasteiger partial charge in [0.15, 0.2) is 0 Å². The third-order valence-corrected chi connectivity index (χ3v) is 4.38. The Kier molecular flexibility index (Phi) is 3.71. The predicted octanol–water partition coefficient (Wildman–Crippen LogP) is 2.49. The summed E-state index contributed by atoms with van der Waals surface area (Å²) >= 11 is 5.87. The van der Waals surface area contributed by atoms with Gasteiger partial charge in [-0.15, -0.1) is 11.6 Å². The Morgan fingerprint density at radius 2 is 2.17 bits per heavy atom. The molecule has 2 aliphatic rings. The average molecular weight is 266 g/mol. The van der Waals surface area contributed by atoms with E-state index in [-0.39, 0.29) is 0 Å². The third-order valence-electron chi connectivity index (χ3n) is 4.11. The molecule has 0 N–H and O–H groups in total. The van der Waals surface area contributed by atoms with E-state index in [9.17, 15) is 0 Å². The van der Waals surface area contributed by atoms with E-state index in [2.05, 4.69) is 26.9 Å². The Morgan fingerprint density at radius 3 is 3.06 bits per heavy atom. The number of alkyl halides is 1. The number of anilines is 1. The van der Waals surface area contributed by atoms with Crippen LogP contribution in [0.1, 0.15) is 25.0 Å². The smallest absolute Gasteiger partial charge is 0.0648 e. The van der Waals surface area contributed by atoms with Gasteiger partial charge in [0.1, 0.15) is 0 Å². The molecule has 0 saturated carbocycles. The van der Waals surface area contributed by atoms with Gasteiger partial charge in [0.25, 0.3) is 0 Å². The molecule has 4 heteroatoms. The van der Waals surface area contributed by atoms with Gasteiger partial charge < -0.3 is 4.90 Å². The normalized spacial score (nSPS) is 24.9. The number of hydrogen-bond acceptors (Lipinski definition) is 3. The lowest BCUT2D eigenvalue weighted by molar-refractivity contribution is 0.273. The highest BCUT2D eigenvalue weighted by atomic mass is 35.5. The van der Waals surface area contributed by atoms with Crippen LogP contribution >= 0.6 is 11.6 Å². The molecule has 0 amide bonds. The molecule has 1 aromatic heterocycles. The van der Waals surface area contributed by atoms with Gasteiger partial charge in [-0.2, -0.15) is 0 Å². The first-order valence-electron chi connectivity index (χ1n) is 6.87. The lowest BCUT2D eigenvalue weighted by atomic mass is 10.2. The molecule has 0 spiro atoms. The van der Waals surface area contributed by atoms with Crippen molar-refractivity contribution in [3.63, 3.8) is 0 Å². The van der Waals surface area contributed by atoms with Gasteiger partial charge in [0.05, 0.1) is 11.6 Å². The lowest BCUT2D eigenvalue weighted by Gasteiger charge is -2.27. The fourth-order valence-corrected chi connectivity index (χ4v) is 3.32. The maximum absolute atomic E-state index is 5.87. The number of hydrogen-bond donors (Lipinski definition) is 0. The molecular weight excluding hydrogens is 246 g/mol. The minimum atomic E-state index is 0.497. The summed E-state index contributed by atoms with van der Waals surface area (Å²) in [5.74, 6) is 0.497. The second-order valence-electron chi connectivity index (χ2n) is 5.27. The maximum Gasteiger partial charge on any atom is 0.0648 e. The van der Waals surface area contributed by atoms with Crippen LogP contribution in [0.3, 0.4) is 0 Å². The summed E-state index contributed by atoms with van der Waals surface area (Å²) < 4.78 is 0. The van der Waals surface area contributed by atoms with E-state index < -0.39 is 0 Å². The minimum Gasteiger partial charge on any atom is -0.370 e. The van der Waals surface area contributed by atoms with Crippen molar-refractivity contribution in [2.24, 2.45) is 0 Å². The molecule has 3 rings (SSSR count). The van der Waals surface area contributed by atoms with Gasteiger partial charge in [-0.1, -0.05) is 0 Å². The second-order valence-corrected chi connectivity index (χ2v) is 5.54. The van der Waals surface area contributed by atoms with Gasteiger partial charge in [0.2, 0.25) is 0 Å². The van der Waals surface area contributed by atoms with Crippen molar-refractivity contribution in [1.29, 1.82) is 0 Å². The van der Waals surface area contributed by atoms with Crippen molar-refractivity contribution in [2.75, 3.05) is 31.1 Å². The first-order valence-corrected chi connectivity index (χ1v) is 7.40. The summed E-state index contributed by atoms with van der Waals surface area (Å²) in [6, 6.07) is 5.00. The zero-order valence-corrected chi connectivity index (χ0v) is 11.4. The zero-order chi connectivity index (χ0) is 12.4. The Labute approximate surface area is 114 Å². The zero-order valence-electron chi connectivity index (χ0n) is 10.7. The van der Waals surface area contributed by atoms with Crippen molar-refractivity contribution in [3.05, 3.63) is 24.0 Å². The molecular formula is C14H20ClN3. The lowest BCUT2D eigenvalue weighted by Crippen LogP contribution is -2.36. The third kappa shape index (κ3) is 2.47. The summed E-state index contributed by atoms with van der Waals surface area (Å²) in [5, 5.41) is 0. The van der Waals surface area contributed by atoms with Gasteiger partial charge in [0, 0.05) is 37.6 Å². The number of aromatic nitrogens is 1. The molecule has 0 aliphatic carbocycles. The molecule has 0 bridgehead atoms. The molecule has 1 unspecified atom stereocenters. The van der Waals surface area contributed by atoms with Crippen LogP contribution in [0.5, 0.6) is 0 Å². The molecule has 1 aromatic rings. The highest BCUT2D eigenvalue weighted by Gasteiger charge is 2.28. The number of halogens is 1. The summed E-state index contributed by atoms with van der Waals surface area (Å²) in [4.78, 5) is 9.44. The Hall–Kier alpha value is -0.800. The number of nitrogens with zero attached hydrogens (tertiary/aromatic N) is 3. The van der Waals surface area contributed by atoms with E-state index in [0.29, 0.717) is 5.88 Å².